The van der Waals surface area contributed by atoms with Crippen LogP contribution in [0.2, 0.25) is 0 Å². The molecule has 0 amide bonds. The third-order valence-corrected chi connectivity index (χ3v) is 4.57. The highest BCUT2D eigenvalue weighted by atomic mass is 32.2. The third-order valence-electron chi connectivity index (χ3n) is 3.26. The number of rotatable bonds is 4. The summed E-state index contributed by atoms with van der Waals surface area (Å²) in [5.41, 5.74) is 0.164. The van der Waals surface area contributed by atoms with Crippen LogP contribution in [0.3, 0.4) is 0 Å². The fourth-order valence-electron chi connectivity index (χ4n) is 2.40. The summed E-state index contributed by atoms with van der Waals surface area (Å²) in [6.45, 7) is 7.12. The van der Waals surface area contributed by atoms with Crippen LogP contribution in [0.5, 0.6) is 0 Å². The summed E-state index contributed by atoms with van der Waals surface area (Å²) in [5, 5.41) is 10.9. The second-order valence-electron chi connectivity index (χ2n) is 5.75. The molecule has 1 aromatic rings. The maximum atomic E-state index is 11.1. The van der Waals surface area contributed by atoms with E-state index in [9.17, 15) is 13.5 Å². The molecular weight excluding hydrogens is 288 g/mol. The van der Waals surface area contributed by atoms with E-state index in [0.29, 0.717) is 0 Å². The monoisotopic (exact) mass is 312 g/mol. The molecule has 1 heterocycles. The molecule has 0 saturated heterocycles. The highest BCUT2D eigenvalue weighted by Gasteiger charge is 2.22. The molecule has 1 aliphatic rings. The van der Waals surface area contributed by atoms with Crippen LogP contribution in [-0.2, 0) is 10.0 Å². The summed E-state index contributed by atoms with van der Waals surface area (Å²) in [6.07, 6.45) is 2.60. The Bertz CT molecular complexity index is 599. The SMILES string of the molecule is CCC[N+](C)(C)CCC.O=S1(=O)N=C([O-])c2ccccc21. The van der Waals surface area contributed by atoms with Gasteiger partial charge in [-0.3, -0.25) is 0 Å². The van der Waals surface area contributed by atoms with Gasteiger partial charge < -0.3 is 9.59 Å². The number of hydrogen-bond acceptors (Lipinski definition) is 3. The molecule has 1 aromatic carbocycles. The zero-order valence-corrected chi connectivity index (χ0v) is 14.0. The van der Waals surface area contributed by atoms with Crippen molar-refractivity contribution in [3.05, 3.63) is 29.8 Å². The van der Waals surface area contributed by atoms with Gasteiger partial charge in [-0.1, -0.05) is 32.0 Å². The van der Waals surface area contributed by atoms with Gasteiger partial charge in [0.2, 0.25) is 0 Å². The maximum Gasteiger partial charge on any atom is 0.282 e. The molecule has 1 aliphatic heterocycles. The summed E-state index contributed by atoms with van der Waals surface area (Å²) in [6, 6.07) is 5.99. The molecule has 0 spiro atoms. The fourth-order valence-corrected chi connectivity index (χ4v) is 3.50. The number of quaternary nitrogens is 1. The summed E-state index contributed by atoms with van der Waals surface area (Å²) in [5.74, 6) is -0.675. The Kier molecular flexibility index (Phi) is 5.92. The molecule has 0 unspecified atom stereocenters. The Morgan fingerprint density at radius 3 is 2.10 bits per heavy atom. The van der Waals surface area contributed by atoms with E-state index in [1.165, 1.54) is 42.5 Å². The quantitative estimate of drug-likeness (QED) is 0.789. The third kappa shape index (κ3) is 4.82. The normalized spacial score (nSPS) is 15.7. The topological polar surface area (TPSA) is 69.6 Å². The number of nitrogens with zero attached hydrogens (tertiary/aromatic N) is 2. The van der Waals surface area contributed by atoms with Crippen molar-refractivity contribution in [2.24, 2.45) is 4.40 Å². The van der Waals surface area contributed by atoms with Gasteiger partial charge in [0.25, 0.3) is 10.0 Å². The average Bonchev–Trinajstić information content (AvgIpc) is 2.61. The number of benzene rings is 1. The smallest absolute Gasteiger partial charge is 0.282 e. The van der Waals surface area contributed by atoms with E-state index in [1.807, 2.05) is 0 Å². The highest BCUT2D eigenvalue weighted by molar-refractivity contribution is 7.90. The molecule has 0 saturated carbocycles. The van der Waals surface area contributed by atoms with E-state index < -0.39 is 15.9 Å². The zero-order valence-electron chi connectivity index (χ0n) is 13.2. The van der Waals surface area contributed by atoms with Crippen LogP contribution in [0.1, 0.15) is 32.3 Å². The van der Waals surface area contributed by atoms with E-state index in [0.717, 1.165) is 0 Å². The number of hydrogen-bond donors (Lipinski definition) is 0. The fraction of sp³-hybridized carbons (Fsp3) is 0.533. The second-order valence-corrected chi connectivity index (χ2v) is 7.32. The van der Waals surface area contributed by atoms with E-state index >= 15 is 0 Å². The molecular formula is C15H24N2O3S. The van der Waals surface area contributed by atoms with Crippen molar-refractivity contribution in [3.8, 4) is 0 Å². The lowest BCUT2D eigenvalue weighted by Crippen LogP contribution is -2.40. The summed E-state index contributed by atoms with van der Waals surface area (Å²) in [4.78, 5) is 0.00926. The van der Waals surface area contributed by atoms with E-state index in [2.05, 4.69) is 32.3 Å². The van der Waals surface area contributed by atoms with Gasteiger partial charge in [-0.2, -0.15) is 12.8 Å². The molecule has 0 fully saturated rings. The summed E-state index contributed by atoms with van der Waals surface area (Å²) >= 11 is 0. The van der Waals surface area contributed by atoms with Crippen molar-refractivity contribution < 1.29 is 18.0 Å². The van der Waals surface area contributed by atoms with Gasteiger partial charge in [0.1, 0.15) is 0 Å². The minimum absolute atomic E-state index is 0.00926. The summed E-state index contributed by atoms with van der Waals surface area (Å²) < 4.78 is 26.4. The first-order valence-corrected chi connectivity index (χ1v) is 8.61. The molecule has 2 rings (SSSR count). The Balaban J connectivity index is 0.000000222. The zero-order chi connectivity index (χ0) is 16.1. The first-order valence-electron chi connectivity index (χ1n) is 7.17. The Morgan fingerprint density at radius 2 is 1.62 bits per heavy atom. The minimum atomic E-state index is -3.68. The number of sulfonamides is 1. The van der Waals surface area contributed by atoms with Gasteiger partial charge in [-0.15, -0.1) is 0 Å². The lowest BCUT2D eigenvalue weighted by Gasteiger charge is -2.28. The molecule has 5 nitrogen and oxygen atoms in total. The van der Waals surface area contributed by atoms with Crippen molar-refractivity contribution in [3.63, 3.8) is 0 Å². The van der Waals surface area contributed by atoms with Crippen molar-refractivity contribution in [1.29, 1.82) is 0 Å². The van der Waals surface area contributed by atoms with Gasteiger partial charge in [-0.25, -0.2) is 0 Å². The lowest BCUT2D eigenvalue weighted by molar-refractivity contribution is -0.890. The van der Waals surface area contributed by atoms with Crippen LogP contribution >= 0.6 is 0 Å². The largest absolute Gasteiger partial charge is 0.858 e. The van der Waals surface area contributed by atoms with E-state index in [1.54, 1.807) is 12.1 Å². The predicted molar refractivity (Wildman–Crippen MR) is 82.6 cm³/mol. The Morgan fingerprint density at radius 1 is 1.10 bits per heavy atom. The Labute approximate surface area is 127 Å². The van der Waals surface area contributed by atoms with E-state index in [-0.39, 0.29) is 10.5 Å². The van der Waals surface area contributed by atoms with Crippen LogP contribution in [0.25, 0.3) is 0 Å². The molecule has 0 bridgehead atoms. The van der Waals surface area contributed by atoms with Gasteiger partial charge in [0.15, 0.2) is 0 Å². The maximum absolute atomic E-state index is 11.1. The average molecular weight is 312 g/mol. The van der Waals surface area contributed by atoms with Gasteiger partial charge in [0, 0.05) is 11.5 Å². The molecule has 0 aromatic heterocycles. The summed E-state index contributed by atoms with van der Waals surface area (Å²) in [7, 11) is 0.918. The van der Waals surface area contributed by atoms with Crippen molar-refractivity contribution >= 4 is 15.9 Å². The standard InChI is InChI=1S/C8H20N.C7H5NO3S/c1-5-7-9(3,4)8-6-2;9-7-5-3-1-2-4-6(5)12(10,11)8-7/h5-8H2,1-4H3;1-4H,(H,8,9)/q+1;/p-1. The highest BCUT2D eigenvalue weighted by Crippen LogP contribution is 2.23. The molecule has 21 heavy (non-hydrogen) atoms. The van der Waals surface area contributed by atoms with Gasteiger partial charge in [-0.05, 0) is 18.9 Å². The molecule has 6 heteroatoms. The van der Waals surface area contributed by atoms with Crippen LogP contribution in [0, 0.1) is 0 Å². The van der Waals surface area contributed by atoms with Crippen molar-refractivity contribution in [2.45, 2.75) is 31.6 Å². The minimum Gasteiger partial charge on any atom is -0.858 e. The first-order chi connectivity index (χ1) is 9.73. The molecule has 0 atom stereocenters. The first kappa shape index (κ1) is 17.7. The van der Waals surface area contributed by atoms with Gasteiger partial charge in [0.05, 0.1) is 32.1 Å². The second kappa shape index (κ2) is 7.04. The molecule has 0 N–H and O–H groups in total. The number of fused-ring (bicyclic) bond motifs is 1. The van der Waals surface area contributed by atoms with Crippen LogP contribution in [-0.4, -0.2) is 46.0 Å². The predicted octanol–water partition coefficient (Wildman–Crippen LogP) is 1.38. The van der Waals surface area contributed by atoms with Crippen molar-refractivity contribution in [1.82, 2.24) is 0 Å². The van der Waals surface area contributed by atoms with Crippen LogP contribution < -0.4 is 5.11 Å². The molecule has 0 radical (unpaired) electrons. The van der Waals surface area contributed by atoms with Crippen LogP contribution in [0.15, 0.2) is 33.6 Å². The van der Waals surface area contributed by atoms with Crippen LogP contribution in [0.4, 0.5) is 0 Å². The van der Waals surface area contributed by atoms with Crippen molar-refractivity contribution in [2.75, 3.05) is 27.2 Å². The lowest BCUT2D eigenvalue weighted by atomic mass is 10.2. The van der Waals surface area contributed by atoms with E-state index in [4.69, 9.17) is 0 Å². The molecule has 0 aliphatic carbocycles. The Hall–Kier alpha value is -1.40. The van der Waals surface area contributed by atoms with Gasteiger partial charge >= 0.3 is 0 Å². The molecule has 118 valence electrons.